The number of aliphatic hydroxyl groups is 1. The first kappa shape index (κ1) is 15.0. The van der Waals surface area contributed by atoms with Crippen LogP contribution in [-0.2, 0) is 11.2 Å². The van der Waals surface area contributed by atoms with E-state index in [0.717, 1.165) is 11.3 Å². The van der Waals surface area contributed by atoms with Crippen LogP contribution in [0.4, 0.5) is 5.69 Å². The van der Waals surface area contributed by atoms with Crippen LogP contribution in [0.25, 0.3) is 0 Å². The Kier molecular flexibility index (Phi) is 5.72. The van der Waals surface area contributed by atoms with Crippen molar-refractivity contribution >= 4 is 11.6 Å². The Morgan fingerprint density at radius 1 is 1.24 bits per heavy atom. The lowest BCUT2D eigenvalue weighted by Gasteiger charge is -2.07. The van der Waals surface area contributed by atoms with Crippen molar-refractivity contribution in [3.8, 4) is 5.75 Å². The number of nitrogens with zero attached hydrogens (tertiary/aromatic N) is 1. The topological polar surface area (TPSA) is 71.5 Å². The summed E-state index contributed by atoms with van der Waals surface area (Å²) in [5, 5.41) is 11.5. The number of pyridine rings is 1. The van der Waals surface area contributed by atoms with E-state index < -0.39 is 0 Å². The summed E-state index contributed by atoms with van der Waals surface area (Å²) >= 11 is 0. The lowest BCUT2D eigenvalue weighted by Crippen LogP contribution is -2.12. The first-order valence-corrected chi connectivity index (χ1v) is 6.80. The number of hydrogen-bond donors (Lipinski definition) is 2. The van der Waals surface area contributed by atoms with Crippen molar-refractivity contribution in [2.24, 2.45) is 0 Å². The Morgan fingerprint density at radius 2 is 2.05 bits per heavy atom. The molecule has 21 heavy (non-hydrogen) atoms. The number of carbonyl (C=O) groups excluding carboxylic acids is 1. The Labute approximate surface area is 123 Å². The fourth-order valence-corrected chi connectivity index (χ4v) is 1.83. The van der Waals surface area contributed by atoms with Gasteiger partial charge in [0.1, 0.15) is 12.4 Å². The van der Waals surface area contributed by atoms with Crippen molar-refractivity contribution in [3.63, 3.8) is 0 Å². The zero-order chi connectivity index (χ0) is 14.9. The fraction of sp³-hybridized carbons (Fsp3) is 0.250. The third-order valence-electron chi connectivity index (χ3n) is 2.86. The van der Waals surface area contributed by atoms with Crippen LogP contribution in [0.3, 0.4) is 0 Å². The van der Waals surface area contributed by atoms with Gasteiger partial charge in [0, 0.05) is 24.5 Å². The number of carbonyl (C=O) groups is 1. The van der Waals surface area contributed by atoms with Crippen LogP contribution >= 0.6 is 0 Å². The van der Waals surface area contributed by atoms with Crippen molar-refractivity contribution in [2.45, 2.75) is 12.8 Å². The second-order valence-corrected chi connectivity index (χ2v) is 4.51. The summed E-state index contributed by atoms with van der Waals surface area (Å²) in [6, 6.07) is 10.9. The van der Waals surface area contributed by atoms with Crippen molar-refractivity contribution in [2.75, 3.05) is 18.5 Å². The SMILES string of the molecule is O=C(CCc1cccnc1)Nc1ccc(OCCO)cc1. The van der Waals surface area contributed by atoms with E-state index in [0.29, 0.717) is 18.6 Å². The molecule has 0 bridgehead atoms. The van der Waals surface area contributed by atoms with E-state index in [1.54, 1.807) is 36.7 Å². The highest BCUT2D eigenvalue weighted by Gasteiger charge is 2.03. The predicted molar refractivity (Wildman–Crippen MR) is 80.2 cm³/mol. The first-order chi connectivity index (χ1) is 10.3. The highest BCUT2D eigenvalue weighted by molar-refractivity contribution is 5.90. The molecule has 0 spiro atoms. The maximum Gasteiger partial charge on any atom is 0.224 e. The zero-order valence-corrected chi connectivity index (χ0v) is 11.7. The molecule has 0 fully saturated rings. The van der Waals surface area contributed by atoms with Crippen LogP contribution in [0.1, 0.15) is 12.0 Å². The minimum atomic E-state index is -0.0390. The summed E-state index contributed by atoms with van der Waals surface area (Å²) < 4.78 is 5.25. The van der Waals surface area contributed by atoms with Crippen LogP contribution in [-0.4, -0.2) is 29.2 Å². The normalized spacial score (nSPS) is 10.1. The minimum absolute atomic E-state index is 0.0210. The molecule has 0 aliphatic heterocycles. The lowest BCUT2D eigenvalue weighted by atomic mass is 10.1. The van der Waals surface area contributed by atoms with E-state index >= 15 is 0 Å². The van der Waals surface area contributed by atoms with Gasteiger partial charge >= 0.3 is 0 Å². The molecule has 0 unspecified atom stereocenters. The maximum absolute atomic E-state index is 11.8. The second-order valence-electron chi connectivity index (χ2n) is 4.51. The predicted octanol–water partition coefficient (Wildman–Crippen LogP) is 2.02. The van der Waals surface area contributed by atoms with Gasteiger partial charge in [0.2, 0.25) is 5.91 Å². The first-order valence-electron chi connectivity index (χ1n) is 6.80. The Morgan fingerprint density at radius 3 is 2.71 bits per heavy atom. The molecule has 2 N–H and O–H groups in total. The van der Waals surface area contributed by atoms with E-state index in [-0.39, 0.29) is 19.1 Å². The average molecular weight is 286 g/mol. The standard InChI is InChI=1S/C16H18N2O3/c19-10-11-21-15-6-4-14(5-7-15)18-16(20)8-3-13-2-1-9-17-12-13/h1-2,4-7,9,12,19H,3,8,10-11H2,(H,18,20). The molecular formula is C16H18N2O3. The number of hydrogen-bond acceptors (Lipinski definition) is 4. The van der Waals surface area contributed by atoms with Gasteiger partial charge < -0.3 is 15.2 Å². The minimum Gasteiger partial charge on any atom is -0.491 e. The maximum atomic E-state index is 11.8. The van der Waals surface area contributed by atoms with E-state index in [4.69, 9.17) is 9.84 Å². The Bertz CT molecular complexity index is 555. The molecule has 1 heterocycles. The zero-order valence-electron chi connectivity index (χ0n) is 11.7. The quantitative estimate of drug-likeness (QED) is 0.817. The number of aryl methyl sites for hydroxylation is 1. The third kappa shape index (κ3) is 5.24. The van der Waals surface area contributed by atoms with Gasteiger partial charge in [-0.15, -0.1) is 0 Å². The molecule has 5 heteroatoms. The van der Waals surface area contributed by atoms with Crippen LogP contribution in [0.15, 0.2) is 48.8 Å². The van der Waals surface area contributed by atoms with Crippen LogP contribution in [0, 0.1) is 0 Å². The number of nitrogens with one attached hydrogen (secondary N) is 1. The Hall–Kier alpha value is -2.40. The molecule has 0 aliphatic rings. The van der Waals surface area contributed by atoms with Crippen LogP contribution in [0.5, 0.6) is 5.75 Å². The van der Waals surface area contributed by atoms with E-state index in [1.165, 1.54) is 0 Å². The molecule has 1 aromatic heterocycles. The third-order valence-corrected chi connectivity index (χ3v) is 2.86. The number of aromatic nitrogens is 1. The number of ether oxygens (including phenoxy) is 1. The van der Waals surface area contributed by atoms with E-state index in [1.807, 2.05) is 12.1 Å². The summed E-state index contributed by atoms with van der Waals surface area (Å²) in [5.41, 5.74) is 1.77. The van der Waals surface area contributed by atoms with Gasteiger partial charge in [-0.1, -0.05) is 6.07 Å². The summed E-state index contributed by atoms with van der Waals surface area (Å²) in [6.45, 7) is 0.240. The van der Waals surface area contributed by atoms with E-state index in [9.17, 15) is 4.79 Å². The van der Waals surface area contributed by atoms with Gasteiger partial charge in [0.15, 0.2) is 0 Å². The van der Waals surface area contributed by atoms with Gasteiger partial charge in [0.25, 0.3) is 0 Å². The van der Waals surface area contributed by atoms with Crippen molar-refractivity contribution in [1.29, 1.82) is 0 Å². The van der Waals surface area contributed by atoms with Crippen LogP contribution in [0.2, 0.25) is 0 Å². The molecular weight excluding hydrogens is 268 g/mol. The second kappa shape index (κ2) is 8.01. The van der Waals surface area contributed by atoms with Crippen molar-refractivity contribution in [1.82, 2.24) is 4.98 Å². The number of rotatable bonds is 7. The van der Waals surface area contributed by atoms with E-state index in [2.05, 4.69) is 10.3 Å². The molecule has 0 atom stereocenters. The van der Waals surface area contributed by atoms with Crippen molar-refractivity contribution in [3.05, 3.63) is 54.4 Å². The van der Waals surface area contributed by atoms with Crippen molar-refractivity contribution < 1.29 is 14.6 Å². The number of amides is 1. The summed E-state index contributed by atoms with van der Waals surface area (Å²) in [7, 11) is 0. The summed E-state index contributed by atoms with van der Waals surface area (Å²) in [5.74, 6) is 0.625. The number of benzene rings is 1. The highest BCUT2D eigenvalue weighted by atomic mass is 16.5. The Balaban J connectivity index is 1.79. The molecule has 110 valence electrons. The van der Waals surface area contributed by atoms with Gasteiger partial charge in [-0.25, -0.2) is 0 Å². The largest absolute Gasteiger partial charge is 0.491 e. The summed E-state index contributed by atoms with van der Waals surface area (Å²) in [4.78, 5) is 15.9. The lowest BCUT2D eigenvalue weighted by molar-refractivity contribution is -0.116. The molecule has 2 aromatic rings. The smallest absolute Gasteiger partial charge is 0.224 e. The molecule has 0 radical (unpaired) electrons. The van der Waals surface area contributed by atoms with Gasteiger partial charge in [-0.3, -0.25) is 9.78 Å². The molecule has 0 saturated heterocycles. The van der Waals surface area contributed by atoms with Gasteiger partial charge in [-0.2, -0.15) is 0 Å². The molecule has 1 aromatic carbocycles. The number of anilines is 1. The molecule has 1 amide bonds. The molecule has 5 nitrogen and oxygen atoms in total. The van der Waals surface area contributed by atoms with Gasteiger partial charge in [-0.05, 0) is 42.3 Å². The van der Waals surface area contributed by atoms with Gasteiger partial charge in [0.05, 0.1) is 6.61 Å². The van der Waals surface area contributed by atoms with Crippen LogP contribution < -0.4 is 10.1 Å². The summed E-state index contributed by atoms with van der Waals surface area (Å²) in [6.07, 6.45) is 4.55. The monoisotopic (exact) mass is 286 g/mol. The molecule has 0 aliphatic carbocycles. The fourth-order valence-electron chi connectivity index (χ4n) is 1.83. The number of aliphatic hydroxyl groups excluding tert-OH is 1. The molecule has 0 saturated carbocycles. The highest BCUT2D eigenvalue weighted by Crippen LogP contribution is 2.16. The molecule has 2 rings (SSSR count). The average Bonchev–Trinajstić information content (AvgIpc) is 2.53.